The fourth-order valence-corrected chi connectivity index (χ4v) is 3.01. The zero-order valence-electron chi connectivity index (χ0n) is 12.5. The molecule has 0 amide bonds. The van der Waals surface area contributed by atoms with Gasteiger partial charge in [0.25, 0.3) is 0 Å². The van der Waals surface area contributed by atoms with Crippen LogP contribution >= 0.6 is 0 Å². The quantitative estimate of drug-likeness (QED) is 0.874. The number of primary sulfonamides is 1. The number of sulfonamides is 1. The van der Waals surface area contributed by atoms with Crippen LogP contribution in [0, 0.1) is 0 Å². The van der Waals surface area contributed by atoms with Gasteiger partial charge in [-0.1, -0.05) is 13.8 Å². The minimum Gasteiger partial charge on any atom is -0.493 e. The van der Waals surface area contributed by atoms with Crippen molar-refractivity contribution in [1.29, 1.82) is 0 Å². The molecule has 1 unspecified atom stereocenters. The summed E-state index contributed by atoms with van der Waals surface area (Å²) in [5, 5.41) is 5.17. The van der Waals surface area contributed by atoms with Gasteiger partial charge >= 0.3 is 0 Å². The van der Waals surface area contributed by atoms with Crippen molar-refractivity contribution in [2.45, 2.75) is 50.0 Å². The SMILES string of the molecule is CC(C)c1cc(S(N)(=O)=O)ccc1OCCC1CCCO1. The molecule has 0 aromatic heterocycles. The average Bonchev–Trinajstić information content (AvgIpc) is 2.90. The van der Waals surface area contributed by atoms with Gasteiger partial charge < -0.3 is 9.47 Å². The minimum atomic E-state index is -3.68. The van der Waals surface area contributed by atoms with Crippen molar-refractivity contribution in [2.75, 3.05) is 13.2 Å². The number of hydrogen-bond donors (Lipinski definition) is 1. The molecule has 6 heteroatoms. The molecule has 0 aliphatic carbocycles. The first-order valence-corrected chi connectivity index (χ1v) is 8.83. The van der Waals surface area contributed by atoms with E-state index in [0.29, 0.717) is 6.61 Å². The van der Waals surface area contributed by atoms with E-state index in [4.69, 9.17) is 14.6 Å². The molecule has 2 rings (SSSR count). The van der Waals surface area contributed by atoms with Crippen molar-refractivity contribution >= 4 is 10.0 Å². The van der Waals surface area contributed by atoms with E-state index in [-0.39, 0.29) is 16.9 Å². The van der Waals surface area contributed by atoms with Crippen molar-refractivity contribution < 1.29 is 17.9 Å². The molecule has 1 aromatic rings. The van der Waals surface area contributed by atoms with E-state index in [1.54, 1.807) is 12.1 Å². The van der Waals surface area contributed by atoms with E-state index in [2.05, 4.69) is 0 Å². The molecule has 1 fully saturated rings. The van der Waals surface area contributed by atoms with Gasteiger partial charge in [0.1, 0.15) is 5.75 Å². The van der Waals surface area contributed by atoms with Crippen LogP contribution in [0.2, 0.25) is 0 Å². The van der Waals surface area contributed by atoms with Crippen molar-refractivity contribution in [1.82, 2.24) is 0 Å². The molecule has 1 saturated heterocycles. The van der Waals surface area contributed by atoms with Crippen molar-refractivity contribution in [3.8, 4) is 5.75 Å². The third kappa shape index (κ3) is 4.43. The molecule has 1 aromatic carbocycles. The van der Waals surface area contributed by atoms with Crippen LogP contribution in [-0.4, -0.2) is 27.7 Å². The maximum Gasteiger partial charge on any atom is 0.238 e. The molecule has 1 aliphatic heterocycles. The van der Waals surface area contributed by atoms with E-state index >= 15 is 0 Å². The molecule has 0 saturated carbocycles. The summed E-state index contributed by atoms with van der Waals surface area (Å²) >= 11 is 0. The topological polar surface area (TPSA) is 78.6 Å². The molecule has 5 nitrogen and oxygen atoms in total. The molecule has 0 bridgehead atoms. The van der Waals surface area contributed by atoms with Gasteiger partial charge in [-0.3, -0.25) is 0 Å². The molecule has 2 N–H and O–H groups in total. The number of benzene rings is 1. The largest absolute Gasteiger partial charge is 0.493 e. The van der Waals surface area contributed by atoms with Crippen LogP contribution in [0.5, 0.6) is 5.75 Å². The lowest BCUT2D eigenvalue weighted by Gasteiger charge is -2.16. The maximum absolute atomic E-state index is 11.4. The first-order chi connectivity index (χ1) is 9.88. The normalized spacial score (nSPS) is 19.1. The highest BCUT2D eigenvalue weighted by Gasteiger charge is 2.17. The van der Waals surface area contributed by atoms with Crippen LogP contribution in [0.4, 0.5) is 0 Å². The van der Waals surface area contributed by atoms with Gasteiger partial charge in [-0.2, -0.15) is 0 Å². The lowest BCUT2D eigenvalue weighted by Crippen LogP contribution is -2.14. The molecular formula is C15H23NO4S. The second-order valence-electron chi connectivity index (χ2n) is 5.67. The Labute approximate surface area is 126 Å². The highest BCUT2D eigenvalue weighted by atomic mass is 32.2. The first kappa shape index (κ1) is 16.3. The molecule has 1 aliphatic rings. The van der Waals surface area contributed by atoms with Gasteiger partial charge in [-0.05, 0) is 42.5 Å². The lowest BCUT2D eigenvalue weighted by molar-refractivity contribution is 0.0902. The molecule has 1 heterocycles. The van der Waals surface area contributed by atoms with Crippen LogP contribution in [0.15, 0.2) is 23.1 Å². The summed E-state index contributed by atoms with van der Waals surface area (Å²) in [4.78, 5) is 0.123. The molecule has 21 heavy (non-hydrogen) atoms. The van der Waals surface area contributed by atoms with Crippen molar-refractivity contribution in [3.63, 3.8) is 0 Å². The zero-order chi connectivity index (χ0) is 15.5. The van der Waals surface area contributed by atoms with Gasteiger partial charge in [0.2, 0.25) is 10.0 Å². The smallest absolute Gasteiger partial charge is 0.238 e. The lowest BCUT2D eigenvalue weighted by atomic mass is 10.0. The van der Waals surface area contributed by atoms with Gasteiger partial charge in [0.15, 0.2) is 0 Å². The Kier molecular flexibility index (Phi) is 5.24. The Balaban J connectivity index is 2.07. The van der Waals surface area contributed by atoms with Gasteiger partial charge in [0, 0.05) is 13.0 Å². The second-order valence-corrected chi connectivity index (χ2v) is 7.23. The third-order valence-electron chi connectivity index (χ3n) is 3.65. The number of ether oxygens (including phenoxy) is 2. The monoisotopic (exact) mass is 313 g/mol. The fourth-order valence-electron chi connectivity index (χ4n) is 2.46. The minimum absolute atomic E-state index is 0.123. The van der Waals surface area contributed by atoms with E-state index in [1.807, 2.05) is 13.8 Å². The molecule has 1 atom stereocenters. The van der Waals surface area contributed by atoms with Crippen LogP contribution in [0.25, 0.3) is 0 Å². The van der Waals surface area contributed by atoms with Crippen LogP contribution in [-0.2, 0) is 14.8 Å². The number of hydrogen-bond acceptors (Lipinski definition) is 4. The van der Waals surface area contributed by atoms with E-state index in [9.17, 15) is 8.42 Å². The summed E-state index contributed by atoms with van der Waals surface area (Å²) in [6, 6.07) is 4.77. The average molecular weight is 313 g/mol. The maximum atomic E-state index is 11.4. The Bertz CT molecular complexity index is 577. The van der Waals surface area contributed by atoms with Crippen molar-refractivity contribution in [2.24, 2.45) is 5.14 Å². The Morgan fingerprint density at radius 3 is 2.76 bits per heavy atom. The van der Waals surface area contributed by atoms with Crippen molar-refractivity contribution in [3.05, 3.63) is 23.8 Å². The Hall–Kier alpha value is -1.11. The van der Waals surface area contributed by atoms with Crippen LogP contribution in [0.1, 0.15) is 44.6 Å². The summed E-state index contributed by atoms with van der Waals surface area (Å²) in [7, 11) is -3.68. The van der Waals surface area contributed by atoms with Gasteiger partial charge in [0.05, 0.1) is 17.6 Å². The summed E-state index contributed by atoms with van der Waals surface area (Å²) in [5.41, 5.74) is 0.855. The van der Waals surface area contributed by atoms with E-state index in [0.717, 1.165) is 37.2 Å². The summed E-state index contributed by atoms with van der Waals surface area (Å²) in [5.74, 6) is 0.875. The highest BCUT2D eigenvalue weighted by Crippen LogP contribution is 2.29. The van der Waals surface area contributed by atoms with Crippen LogP contribution in [0.3, 0.4) is 0 Å². The molecular weight excluding hydrogens is 290 g/mol. The summed E-state index contributed by atoms with van der Waals surface area (Å²) < 4.78 is 34.2. The Morgan fingerprint density at radius 2 is 2.19 bits per heavy atom. The number of rotatable bonds is 6. The second kappa shape index (κ2) is 6.77. The Morgan fingerprint density at radius 1 is 1.43 bits per heavy atom. The standard InChI is InChI=1S/C15H23NO4S/c1-11(2)14-10-13(21(16,17)18)5-6-15(14)20-9-7-12-4-3-8-19-12/h5-6,10-12H,3-4,7-9H2,1-2H3,(H2,16,17,18). The highest BCUT2D eigenvalue weighted by molar-refractivity contribution is 7.89. The zero-order valence-corrected chi connectivity index (χ0v) is 13.4. The predicted octanol–water partition coefficient (Wildman–Crippen LogP) is 2.41. The van der Waals surface area contributed by atoms with E-state index in [1.165, 1.54) is 6.07 Å². The number of nitrogens with two attached hydrogens (primary N) is 1. The first-order valence-electron chi connectivity index (χ1n) is 7.29. The summed E-state index contributed by atoms with van der Waals surface area (Å²) in [6.45, 7) is 5.40. The fraction of sp³-hybridized carbons (Fsp3) is 0.600. The summed E-state index contributed by atoms with van der Waals surface area (Å²) in [6.07, 6.45) is 3.35. The molecule has 0 radical (unpaired) electrons. The van der Waals surface area contributed by atoms with Crippen LogP contribution < -0.4 is 9.88 Å². The van der Waals surface area contributed by atoms with E-state index < -0.39 is 10.0 Å². The van der Waals surface area contributed by atoms with Gasteiger partial charge in [-0.25, -0.2) is 13.6 Å². The molecule has 118 valence electrons. The molecule has 0 spiro atoms. The van der Waals surface area contributed by atoms with Gasteiger partial charge in [-0.15, -0.1) is 0 Å². The predicted molar refractivity (Wildman–Crippen MR) is 81.0 cm³/mol. The third-order valence-corrected chi connectivity index (χ3v) is 4.56.